The van der Waals surface area contributed by atoms with E-state index in [0.29, 0.717) is 23.8 Å². The third-order valence-corrected chi connectivity index (χ3v) is 4.79. The zero-order chi connectivity index (χ0) is 19.3. The second-order valence-corrected chi connectivity index (χ2v) is 6.59. The van der Waals surface area contributed by atoms with E-state index in [9.17, 15) is 9.18 Å². The second kappa shape index (κ2) is 8.26. The van der Waals surface area contributed by atoms with E-state index in [1.807, 2.05) is 6.07 Å². The molecule has 0 saturated carbocycles. The molecule has 8 heteroatoms. The monoisotopic (exact) mass is 384 g/mol. The average Bonchev–Trinajstić information content (AvgIpc) is 3.41. The van der Waals surface area contributed by atoms with Gasteiger partial charge in [-0.05, 0) is 24.3 Å². The van der Waals surface area contributed by atoms with Crippen LogP contribution in [0.15, 0.2) is 57.7 Å². The number of anilines is 1. The lowest BCUT2D eigenvalue weighted by Gasteiger charge is -2.36. The van der Waals surface area contributed by atoms with E-state index in [0.717, 1.165) is 32.7 Å². The van der Waals surface area contributed by atoms with Crippen LogP contribution in [-0.2, 0) is 0 Å². The summed E-state index contributed by atoms with van der Waals surface area (Å²) in [5.74, 6) is 0.468. The normalized spacial score (nSPS) is 15.0. The van der Waals surface area contributed by atoms with Gasteiger partial charge >= 0.3 is 0 Å². The molecule has 7 nitrogen and oxygen atoms in total. The van der Waals surface area contributed by atoms with Crippen molar-refractivity contribution < 1.29 is 18.1 Å². The summed E-state index contributed by atoms with van der Waals surface area (Å²) >= 11 is 0. The number of amides is 1. The van der Waals surface area contributed by atoms with Crippen LogP contribution in [0.1, 0.15) is 10.5 Å². The molecular weight excluding hydrogens is 363 g/mol. The first kappa shape index (κ1) is 18.2. The van der Waals surface area contributed by atoms with Gasteiger partial charge in [0, 0.05) is 45.3 Å². The highest BCUT2D eigenvalue weighted by atomic mass is 19.1. The number of furan rings is 1. The molecule has 0 bridgehead atoms. The van der Waals surface area contributed by atoms with Gasteiger partial charge in [-0.15, -0.1) is 0 Å². The van der Waals surface area contributed by atoms with Crippen molar-refractivity contribution in [2.75, 3.05) is 44.2 Å². The number of nitrogens with zero attached hydrogens (tertiary/aromatic N) is 3. The zero-order valence-electron chi connectivity index (χ0n) is 15.3. The number of aromatic nitrogens is 1. The Morgan fingerprint density at radius 2 is 1.93 bits per heavy atom. The van der Waals surface area contributed by atoms with Crippen molar-refractivity contribution in [3.8, 4) is 11.5 Å². The quantitative estimate of drug-likeness (QED) is 0.704. The summed E-state index contributed by atoms with van der Waals surface area (Å²) in [6.07, 6.45) is 1.53. The first-order valence-corrected chi connectivity index (χ1v) is 9.21. The van der Waals surface area contributed by atoms with Gasteiger partial charge in [-0.3, -0.25) is 9.69 Å². The van der Waals surface area contributed by atoms with E-state index in [-0.39, 0.29) is 17.4 Å². The Bertz CT molecular complexity index is 917. The van der Waals surface area contributed by atoms with Gasteiger partial charge in [-0.1, -0.05) is 17.3 Å². The molecule has 4 rings (SSSR count). The lowest BCUT2D eigenvalue weighted by molar-refractivity contribution is 0.0938. The number of piperazine rings is 1. The number of para-hydroxylation sites is 1. The predicted octanol–water partition coefficient (Wildman–Crippen LogP) is 2.63. The highest BCUT2D eigenvalue weighted by Crippen LogP contribution is 2.21. The SMILES string of the molecule is O=C(NCCN1CCN(c2ccccc2F)CC1)c1cc(-c2ccco2)on1. The molecule has 1 N–H and O–H groups in total. The molecule has 0 spiro atoms. The summed E-state index contributed by atoms with van der Waals surface area (Å²) < 4.78 is 24.3. The van der Waals surface area contributed by atoms with Crippen LogP contribution in [0, 0.1) is 5.82 Å². The summed E-state index contributed by atoms with van der Waals surface area (Å²) in [5.41, 5.74) is 0.865. The molecule has 3 aromatic rings. The van der Waals surface area contributed by atoms with Gasteiger partial charge in [0.2, 0.25) is 5.76 Å². The first-order chi connectivity index (χ1) is 13.7. The van der Waals surface area contributed by atoms with Crippen LogP contribution in [0.4, 0.5) is 10.1 Å². The minimum absolute atomic E-state index is 0.190. The van der Waals surface area contributed by atoms with Gasteiger partial charge in [-0.2, -0.15) is 0 Å². The van der Waals surface area contributed by atoms with Crippen LogP contribution < -0.4 is 10.2 Å². The molecule has 0 unspecified atom stereocenters. The second-order valence-electron chi connectivity index (χ2n) is 6.59. The fourth-order valence-electron chi connectivity index (χ4n) is 3.26. The van der Waals surface area contributed by atoms with Crippen molar-refractivity contribution in [3.63, 3.8) is 0 Å². The third-order valence-electron chi connectivity index (χ3n) is 4.79. The highest BCUT2D eigenvalue weighted by Gasteiger charge is 2.20. The van der Waals surface area contributed by atoms with Crippen LogP contribution in [0.5, 0.6) is 0 Å². The van der Waals surface area contributed by atoms with Crippen LogP contribution in [-0.4, -0.2) is 55.2 Å². The maximum atomic E-state index is 13.9. The maximum absolute atomic E-state index is 13.9. The molecule has 0 atom stereocenters. The molecular formula is C20H21FN4O3. The Hall–Kier alpha value is -3.13. The zero-order valence-corrected chi connectivity index (χ0v) is 15.3. The van der Waals surface area contributed by atoms with Gasteiger partial charge in [0.15, 0.2) is 11.5 Å². The Morgan fingerprint density at radius 3 is 2.68 bits per heavy atom. The summed E-state index contributed by atoms with van der Waals surface area (Å²) in [4.78, 5) is 16.5. The van der Waals surface area contributed by atoms with E-state index in [1.165, 1.54) is 12.3 Å². The van der Waals surface area contributed by atoms with Crippen LogP contribution >= 0.6 is 0 Å². The van der Waals surface area contributed by atoms with Gasteiger partial charge in [-0.25, -0.2) is 4.39 Å². The lowest BCUT2D eigenvalue weighted by Crippen LogP contribution is -2.48. The van der Waals surface area contributed by atoms with E-state index in [4.69, 9.17) is 8.94 Å². The van der Waals surface area contributed by atoms with Gasteiger partial charge < -0.3 is 19.2 Å². The van der Waals surface area contributed by atoms with Crippen molar-refractivity contribution in [3.05, 3.63) is 60.2 Å². The minimum Gasteiger partial charge on any atom is -0.461 e. The molecule has 1 aliphatic heterocycles. The smallest absolute Gasteiger partial charge is 0.273 e. The molecule has 1 aromatic carbocycles. The number of rotatable bonds is 6. The van der Waals surface area contributed by atoms with Crippen molar-refractivity contribution in [1.29, 1.82) is 0 Å². The third kappa shape index (κ3) is 4.07. The topological polar surface area (TPSA) is 74.8 Å². The van der Waals surface area contributed by atoms with Crippen molar-refractivity contribution in [2.45, 2.75) is 0 Å². The van der Waals surface area contributed by atoms with Crippen molar-refractivity contribution >= 4 is 11.6 Å². The average molecular weight is 384 g/mol. The van der Waals surface area contributed by atoms with Crippen molar-refractivity contribution in [2.24, 2.45) is 0 Å². The molecule has 3 heterocycles. The van der Waals surface area contributed by atoms with Crippen LogP contribution in [0.25, 0.3) is 11.5 Å². The molecule has 0 radical (unpaired) electrons. The Morgan fingerprint density at radius 1 is 1.11 bits per heavy atom. The molecule has 1 saturated heterocycles. The number of benzene rings is 1. The summed E-state index contributed by atoms with van der Waals surface area (Å²) in [5, 5.41) is 6.64. The van der Waals surface area contributed by atoms with Gasteiger partial charge in [0.25, 0.3) is 5.91 Å². The lowest BCUT2D eigenvalue weighted by atomic mass is 10.2. The molecule has 1 fully saturated rings. The summed E-state index contributed by atoms with van der Waals surface area (Å²) in [6.45, 7) is 4.37. The molecule has 1 amide bonds. The standard InChI is InChI=1S/C20H21FN4O3/c21-15-4-1-2-5-17(15)25-11-9-24(10-12-25)8-7-22-20(26)16-14-19(28-23-16)18-6-3-13-27-18/h1-6,13-14H,7-12H2,(H,22,26). The van der Waals surface area contributed by atoms with E-state index in [1.54, 1.807) is 30.3 Å². The highest BCUT2D eigenvalue weighted by molar-refractivity contribution is 5.92. The summed E-state index contributed by atoms with van der Waals surface area (Å²) in [7, 11) is 0. The molecule has 1 aliphatic rings. The van der Waals surface area contributed by atoms with Gasteiger partial charge in [0.05, 0.1) is 12.0 Å². The Kier molecular flexibility index (Phi) is 5.38. The van der Waals surface area contributed by atoms with E-state index < -0.39 is 0 Å². The Labute approximate surface area is 161 Å². The van der Waals surface area contributed by atoms with Crippen LogP contribution in [0.2, 0.25) is 0 Å². The molecule has 28 heavy (non-hydrogen) atoms. The number of halogens is 1. The fraction of sp³-hybridized carbons (Fsp3) is 0.300. The van der Waals surface area contributed by atoms with E-state index in [2.05, 4.69) is 20.3 Å². The molecule has 146 valence electrons. The number of carbonyl (C=O) groups is 1. The molecule has 0 aliphatic carbocycles. The van der Waals surface area contributed by atoms with E-state index >= 15 is 0 Å². The first-order valence-electron chi connectivity index (χ1n) is 9.21. The number of hydrogen-bond acceptors (Lipinski definition) is 6. The summed E-state index contributed by atoms with van der Waals surface area (Å²) in [6, 6.07) is 11.9. The maximum Gasteiger partial charge on any atom is 0.273 e. The van der Waals surface area contributed by atoms with Crippen LogP contribution in [0.3, 0.4) is 0 Å². The largest absolute Gasteiger partial charge is 0.461 e. The Balaban J connectivity index is 1.22. The van der Waals surface area contributed by atoms with Crippen molar-refractivity contribution in [1.82, 2.24) is 15.4 Å². The minimum atomic E-state index is -0.286. The van der Waals surface area contributed by atoms with Gasteiger partial charge in [0.1, 0.15) is 5.82 Å². The number of carbonyl (C=O) groups excluding carboxylic acids is 1. The predicted molar refractivity (Wildman–Crippen MR) is 102 cm³/mol. The number of nitrogens with one attached hydrogen (secondary N) is 1. The fourth-order valence-corrected chi connectivity index (χ4v) is 3.26. The molecule has 2 aromatic heterocycles. The number of hydrogen-bond donors (Lipinski definition) is 1.